The summed E-state index contributed by atoms with van der Waals surface area (Å²) < 4.78 is 32.5. The van der Waals surface area contributed by atoms with Gasteiger partial charge in [0.2, 0.25) is 0 Å². The number of carbonyl (C=O) groups excluding carboxylic acids is 1. The van der Waals surface area contributed by atoms with Gasteiger partial charge in [-0.3, -0.25) is 9.89 Å². The highest BCUT2D eigenvalue weighted by Crippen LogP contribution is 2.30. The highest BCUT2D eigenvalue weighted by atomic mass is 19.1. The van der Waals surface area contributed by atoms with E-state index in [1.54, 1.807) is 7.05 Å². The molecule has 5 nitrogen and oxygen atoms in total. The average molecular weight is 335 g/mol. The maximum absolute atomic E-state index is 13.8. The van der Waals surface area contributed by atoms with E-state index in [4.69, 9.17) is 4.74 Å². The Morgan fingerprint density at radius 2 is 2.17 bits per heavy atom. The van der Waals surface area contributed by atoms with Crippen LogP contribution in [-0.4, -0.2) is 34.2 Å². The number of fused-ring (bicyclic) bond motifs is 1. The lowest BCUT2D eigenvalue weighted by atomic mass is 9.99. The zero-order valence-corrected chi connectivity index (χ0v) is 13.8. The van der Waals surface area contributed by atoms with Crippen LogP contribution in [0.5, 0.6) is 0 Å². The first-order valence-electron chi connectivity index (χ1n) is 7.78. The number of nitrogens with zero attached hydrogens (tertiary/aromatic N) is 2. The molecule has 128 valence electrons. The van der Waals surface area contributed by atoms with Crippen LogP contribution in [0.1, 0.15) is 47.3 Å². The summed E-state index contributed by atoms with van der Waals surface area (Å²) in [6.45, 7) is 3.88. The van der Waals surface area contributed by atoms with E-state index in [-0.39, 0.29) is 30.2 Å². The van der Waals surface area contributed by atoms with E-state index in [0.29, 0.717) is 12.1 Å². The minimum absolute atomic E-state index is 0.00324. The van der Waals surface area contributed by atoms with Crippen molar-refractivity contribution in [2.45, 2.75) is 39.0 Å². The number of benzene rings is 1. The molecule has 0 bridgehead atoms. The minimum atomic E-state index is -0.672. The van der Waals surface area contributed by atoms with Crippen molar-refractivity contribution < 1.29 is 18.3 Å². The van der Waals surface area contributed by atoms with E-state index in [9.17, 15) is 13.6 Å². The Morgan fingerprint density at radius 3 is 2.88 bits per heavy atom. The number of carbonyl (C=O) groups is 1. The van der Waals surface area contributed by atoms with E-state index in [2.05, 4.69) is 10.2 Å². The standard InChI is InChI=1S/C17H19F2N3O2/c1-9-6-13-15(10(2)24-9)20-21-16(13)17(23)22(3)8-11-4-5-12(18)7-14(11)19/h4-5,7,9-10H,6,8H2,1-3H3,(H,20,21)/t9-,10+/m1/s1. The monoisotopic (exact) mass is 335 g/mol. The fraction of sp³-hybridized carbons (Fsp3) is 0.412. The smallest absolute Gasteiger partial charge is 0.274 e. The Morgan fingerprint density at radius 1 is 1.42 bits per heavy atom. The number of aromatic amines is 1. The first kappa shape index (κ1) is 16.6. The van der Waals surface area contributed by atoms with Crippen LogP contribution in [0.15, 0.2) is 18.2 Å². The van der Waals surface area contributed by atoms with Crippen molar-refractivity contribution in [3.05, 3.63) is 52.3 Å². The molecule has 3 rings (SSSR count). The van der Waals surface area contributed by atoms with Crippen molar-refractivity contribution in [1.82, 2.24) is 15.1 Å². The summed E-state index contributed by atoms with van der Waals surface area (Å²) in [7, 11) is 1.57. The van der Waals surface area contributed by atoms with Crippen LogP contribution in [0.4, 0.5) is 8.78 Å². The molecule has 0 saturated heterocycles. The molecule has 0 unspecified atom stereocenters. The van der Waals surface area contributed by atoms with Crippen molar-refractivity contribution in [2.24, 2.45) is 0 Å². The molecule has 1 aliphatic heterocycles. The summed E-state index contributed by atoms with van der Waals surface area (Å²) in [5.74, 6) is -1.62. The van der Waals surface area contributed by atoms with E-state index in [0.717, 1.165) is 17.3 Å². The molecule has 1 aliphatic rings. The summed E-state index contributed by atoms with van der Waals surface area (Å²) in [6.07, 6.45) is 0.435. The number of aromatic nitrogens is 2. The number of amides is 1. The molecule has 0 spiro atoms. The molecule has 7 heteroatoms. The van der Waals surface area contributed by atoms with Crippen molar-refractivity contribution in [3.8, 4) is 0 Å². The molecule has 24 heavy (non-hydrogen) atoms. The second-order valence-electron chi connectivity index (χ2n) is 6.15. The Kier molecular flexibility index (Phi) is 4.36. The fourth-order valence-electron chi connectivity index (χ4n) is 3.01. The maximum Gasteiger partial charge on any atom is 0.274 e. The summed E-state index contributed by atoms with van der Waals surface area (Å²) >= 11 is 0. The molecule has 2 heterocycles. The van der Waals surface area contributed by atoms with Gasteiger partial charge in [-0.1, -0.05) is 6.07 Å². The number of hydrogen-bond donors (Lipinski definition) is 1. The molecule has 0 saturated carbocycles. The number of nitrogens with one attached hydrogen (secondary N) is 1. The van der Waals surface area contributed by atoms with E-state index >= 15 is 0 Å². The average Bonchev–Trinajstić information content (AvgIpc) is 2.93. The van der Waals surface area contributed by atoms with E-state index in [1.807, 2.05) is 13.8 Å². The Bertz CT molecular complexity index is 775. The van der Waals surface area contributed by atoms with Gasteiger partial charge in [-0.25, -0.2) is 8.78 Å². The minimum Gasteiger partial charge on any atom is -0.369 e. The molecule has 1 amide bonds. The summed E-state index contributed by atoms with van der Waals surface area (Å²) in [4.78, 5) is 14.1. The van der Waals surface area contributed by atoms with Gasteiger partial charge in [0.15, 0.2) is 5.69 Å². The number of halogens is 2. The quantitative estimate of drug-likeness (QED) is 0.938. The molecule has 1 aromatic carbocycles. The van der Waals surface area contributed by atoms with Gasteiger partial charge in [-0.2, -0.15) is 5.10 Å². The predicted octanol–water partition coefficient (Wildman–Crippen LogP) is 2.98. The lowest BCUT2D eigenvalue weighted by molar-refractivity contribution is -0.00701. The molecule has 1 N–H and O–H groups in total. The molecule has 0 aliphatic carbocycles. The third-order valence-electron chi connectivity index (χ3n) is 4.21. The van der Waals surface area contributed by atoms with Gasteiger partial charge in [0, 0.05) is 37.2 Å². The zero-order chi connectivity index (χ0) is 17.4. The summed E-state index contributed by atoms with van der Waals surface area (Å²) in [6, 6.07) is 3.32. The predicted molar refractivity (Wildman–Crippen MR) is 83.4 cm³/mol. The first-order chi connectivity index (χ1) is 11.4. The SMILES string of the molecule is C[C@@H]1Cc2c(C(=O)N(C)Cc3ccc(F)cc3F)n[nH]c2[C@H](C)O1. The van der Waals surface area contributed by atoms with E-state index < -0.39 is 11.6 Å². The third kappa shape index (κ3) is 3.03. The van der Waals surface area contributed by atoms with Gasteiger partial charge in [-0.05, 0) is 19.9 Å². The van der Waals surface area contributed by atoms with Crippen LogP contribution in [0.2, 0.25) is 0 Å². The lowest BCUT2D eigenvalue weighted by Crippen LogP contribution is -2.29. The van der Waals surface area contributed by atoms with Crippen LogP contribution < -0.4 is 0 Å². The molecule has 2 aromatic rings. The van der Waals surface area contributed by atoms with E-state index in [1.165, 1.54) is 17.0 Å². The second kappa shape index (κ2) is 6.32. The number of H-pyrrole nitrogens is 1. The van der Waals surface area contributed by atoms with Crippen LogP contribution in [-0.2, 0) is 17.7 Å². The van der Waals surface area contributed by atoms with Crippen molar-refractivity contribution in [2.75, 3.05) is 7.05 Å². The Labute approximate surface area is 138 Å². The normalized spacial score (nSPS) is 19.9. The molecular weight excluding hydrogens is 316 g/mol. The van der Waals surface area contributed by atoms with Crippen LogP contribution in [0, 0.1) is 11.6 Å². The molecule has 0 radical (unpaired) electrons. The van der Waals surface area contributed by atoms with Gasteiger partial charge in [0.1, 0.15) is 11.6 Å². The number of hydrogen-bond acceptors (Lipinski definition) is 3. The van der Waals surface area contributed by atoms with Crippen molar-refractivity contribution in [3.63, 3.8) is 0 Å². The summed E-state index contributed by atoms with van der Waals surface area (Å²) in [5, 5.41) is 7.00. The second-order valence-corrected chi connectivity index (χ2v) is 6.15. The highest BCUT2D eigenvalue weighted by molar-refractivity contribution is 5.94. The van der Waals surface area contributed by atoms with Crippen LogP contribution >= 0.6 is 0 Å². The fourth-order valence-corrected chi connectivity index (χ4v) is 3.01. The molecule has 1 aromatic heterocycles. The van der Waals surface area contributed by atoms with Gasteiger partial charge >= 0.3 is 0 Å². The van der Waals surface area contributed by atoms with Gasteiger partial charge in [0.25, 0.3) is 5.91 Å². The largest absolute Gasteiger partial charge is 0.369 e. The summed E-state index contributed by atoms with van der Waals surface area (Å²) in [5.41, 5.74) is 2.23. The topological polar surface area (TPSA) is 58.2 Å². The van der Waals surface area contributed by atoms with Gasteiger partial charge < -0.3 is 9.64 Å². The Hall–Kier alpha value is -2.28. The Balaban J connectivity index is 1.82. The first-order valence-corrected chi connectivity index (χ1v) is 7.78. The molecule has 0 fully saturated rings. The third-order valence-corrected chi connectivity index (χ3v) is 4.21. The lowest BCUT2D eigenvalue weighted by Gasteiger charge is -2.25. The highest BCUT2D eigenvalue weighted by Gasteiger charge is 2.30. The maximum atomic E-state index is 13.8. The van der Waals surface area contributed by atoms with Gasteiger partial charge in [0.05, 0.1) is 17.9 Å². The van der Waals surface area contributed by atoms with Crippen LogP contribution in [0.25, 0.3) is 0 Å². The number of rotatable bonds is 3. The number of ether oxygens (including phenoxy) is 1. The zero-order valence-electron chi connectivity index (χ0n) is 13.8. The van der Waals surface area contributed by atoms with Crippen LogP contribution in [0.3, 0.4) is 0 Å². The van der Waals surface area contributed by atoms with Crippen molar-refractivity contribution >= 4 is 5.91 Å². The van der Waals surface area contributed by atoms with Crippen molar-refractivity contribution in [1.29, 1.82) is 0 Å². The molecular formula is C17H19F2N3O2. The molecule has 2 atom stereocenters. The van der Waals surface area contributed by atoms with Gasteiger partial charge in [-0.15, -0.1) is 0 Å².